The summed E-state index contributed by atoms with van der Waals surface area (Å²) in [6.07, 6.45) is 1.84. The summed E-state index contributed by atoms with van der Waals surface area (Å²) >= 11 is 0. The number of amides is 1. The highest BCUT2D eigenvalue weighted by Crippen LogP contribution is 2.17. The number of benzene rings is 2. The van der Waals surface area contributed by atoms with Gasteiger partial charge in [-0.15, -0.1) is 0 Å². The number of nitrogens with zero attached hydrogens (tertiary/aromatic N) is 1. The monoisotopic (exact) mass is 338 g/mol. The van der Waals surface area contributed by atoms with Crippen LogP contribution in [0.3, 0.4) is 0 Å². The molecular formula is C19H18N2O4. The molecule has 0 aliphatic heterocycles. The predicted octanol–water partition coefficient (Wildman–Crippen LogP) is 2.90. The van der Waals surface area contributed by atoms with Gasteiger partial charge in [-0.05, 0) is 42.0 Å². The topological polar surface area (TPSA) is 82.6 Å². The Kier molecular flexibility index (Phi) is 4.70. The third-order valence-electron chi connectivity index (χ3n) is 3.85. The number of nitrogens with one attached hydrogen (secondary N) is 1. The lowest BCUT2D eigenvalue weighted by Gasteiger charge is -2.17. The number of hydrogen-bond donors (Lipinski definition) is 2. The molecule has 128 valence electrons. The maximum atomic E-state index is 12.6. The molecule has 0 fully saturated rings. The number of aromatic amines is 1. The minimum absolute atomic E-state index is 0.0608. The second kappa shape index (κ2) is 7.09. The van der Waals surface area contributed by atoms with E-state index >= 15 is 0 Å². The Balaban J connectivity index is 1.65. The van der Waals surface area contributed by atoms with Gasteiger partial charge in [0.15, 0.2) is 6.61 Å². The molecule has 0 spiro atoms. The zero-order valence-corrected chi connectivity index (χ0v) is 13.7. The van der Waals surface area contributed by atoms with Crippen molar-refractivity contribution in [2.75, 3.05) is 13.7 Å². The highest BCUT2D eigenvalue weighted by atomic mass is 16.5. The van der Waals surface area contributed by atoms with Crippen molar-refractivity contribution < 1.29 is 19.4 Å². The third-order valence-corrected chi connectivity index (χ3v) is 3.85. The van der Waals surface area contributed by atoms with E-state index < -0.39 is 5.97 Å². The van der Waals surface area contributed by atoms with Crippen molar-refractivity contribution in [3.8, 4) is 5.75 Å². The standard InChI is InChI=1S/C19H18N2O4/c1-21(11-13-2-5-16(6-3-13)25-12-18(22)23)19(24)15-4-7-17-14(10-15)8-9-20-17/h2-10,20H,11-12H2,1H3,(H,22,23). The molecule has 3 rings (SSSR count). The minimum atomic E-state index is -1.02. The van der Waals surface area contributed by atoms with E-state index in [2.05, 4.69) is 4.98 Å². The van der Waals surface area contributed by atoms with Crippen LogP contribution in [0.1, 0.15) is 15.9 Å². The van der Waals surface area contributed by atoms with Crippen LogP contribution >= 0.6 is 0 Å². The van der Waals surface area contributed by atoms with Crippen molar-refractivity contribution in [3.63, 3.8) is 0 Å². The Morgan fingerprint density at radius 1 is 1.12 bits per heavy atom. The highest BCUT2D eigenvalue weighted by Gasteiger charge is 2.13. The van der Waals surface area contributed by atoms with Crippen molar-refractivity contribution in [1.82, 2.24) is 9.88 Å². The van der Waals surface area contributed by atoms with E-state index in [9.17, 15) is 9.59 Å². The molecule has 0 saturated heterocycles. The van der Waals surface area contributed by atoms with Gasteiger partial charge in [0.25, 0.3) is 5.91 Å². The van der Waals surface area contributed by atoms with E-state index in [-0.39, 0.29) is 12.5 Å². The maximum absolute atomic E-state index is 12.6. The number of aliphatic carboxylic acids is 1. The molecule has 6 heteroatoms. The number of rotatable bonds is 6. The number of fused-ring (bicyclic) bond motifs is 1. The van der Waals surface area contributed by atoms with E-state index in [4.69, 9.17) is 9.84 Å². The zero-order valence-electron chi connectivity index (χ0n) is 13.7. The van der Waals surface area contributed by atoms with Gasteiger partial charge in [-0.3, -0.25) is 4.79 Å². The summed E-state index contributed by atoms with van der Waals surface area (Å²) < 4.78 is 5.09. The molecule has 0 atom stereocenters. The molecule has 2 N–H and O–H groups in total. The molecule has 1 heterocycles. The Morgan fingerprint density at radius 3 is 2.60 bits per heavy atom. The van der Waals surface area contributed by atoms with Crippen LogP contribution in [0.15, 0.2) is 54.7 Å². The average molecular weight is 338 g/mol. The number of hydrogen-bond acceptors (Lipinski definition) is 3. The molecule has 6 nitrogen and oxygen atoms in total. The molecule has 0 bridgehead atoms. The van der Waals surface area contributed by atoms with Gasteiger partial charge in [0.1, 0.15) is 5.75 Å². The first-order valence-electron chi connectivity index (χ1n) is 7.79. The lowest BCUT2D eigenvalue weighted by atomic mass is 10.1. The fraction of sp³-hybridized carbons (Fsp3) is 0.158. The lowest BCUT2D eigenvalue weighted by Crippen LogP contribution is -2.26. The van der Waals surface area contributed by atoms with Gasteiger partial charge >= 0.3 is 5.97 Å². The molecule has 0 aliphatic carbocycles. The average Bonchev–Trinajstić information content (AvgIpc) is 3.08. The quantitative estimate of drug-likeness (QED) is 0.724. The van der Waals surface area contributed by atoms with Crippen molar-refractivity contribution in [2.45, 2.75) is 6.54 Å². The van der Waals surface area contributed by atoms with Gasteiger partial charge in [0.05, 0.1) is 0 Å². The molecule has 0 unspecified atom stereocenters. The fourth-order valence-electron chi connectivity index (χ4n) is 2.59. The van der Waals surface area contributed by atoms with Crippen molar-refractivity contribution in [3.05, 3.63) is 65.9 Å². The molecule has 0 aliphatic rings. The molecule has 2 aromatic carbocycles. The van der Waals surface area contributed by atoms with Gasteiger partial charge in [0.2, 0.25) is 0 Å². The number of H-pyrrole nitrogens is 1. The van der Waals surface area contributed by atoms with Crippen LogP contribution < -0.4 is 4.74 Å². The highest BCUT2D eigenvalue weighted by molar-refractivity contribution is 5.97. The Bertz CT molecular complexity index is 899. The van der Waals surface area contributed by atoms with E-state index in [1.807, 2.05) is 36.5 Å². The van der Waals surface area contributed by atoms with Gasteiger partial charge < -0.3 is 19.7 Å². The Hall–Kier alpha value is -3.28. The summed E-state index contributed by atoms with van der Waals surface area (Å²) in [5, 5.41) is 9.60. The second-order valence-corrected chi connectivity index (χ2v) is 5.77. The lowest BCUT2D eigenvalue weighted by molar-refractivity contribution is -0.139. The first-order chi connectivity index (χ1) is 12.0. The van der Waals surface area contributed by atoms with Crippen molar-refractivity contribution in [1.29, 1.82) is 0 Å². The molecule has 1 aromatic heterocycles. The van der Waals surface area contributed by atoms with E-state index in [1.54, 1.807) is 30.1 Å². The third kappa shape index (κ3) is 3.98. The number of carbonyl (C=O) groups is 2. The number of aromatic nitrogens is 1. The fourth-order valence-corrected chi connectivity index (χ4v) is 2.59. The Labute approximate surface area is 144 Å². The first kappa shape index (κ1) is 16.6. The maximum Gasteiger partial charge on any atom is 0.341 e. The minimum Gasteiger partial charge on any atom is -0.482 e. The summed E-state index contributed by atoms with van der Waals surface area (Å²) in [7, 11) is 1.75. The van der Waals surface area contributed by atoms with Crippen LogP contribution in [0.5, 0.6) is 5.75 Å². The van der Waals surface area contributed by atoms with Crippen LogP contribution in [0.25, 0.3) is 10.9 Å². The SMILES string of the molecule is CN(Cc1ccc(OCC(=O)O)cc1)C(=O)c1ccc2[nH]ccc2c1. The molecule has 0 radical (unpaired) electrons. The van der Waals surface area contributed by atoms with Gasteiger partial charge in [-0.1, -0.05) is 12.1 Å². The number of carboxylic acid groups (broad SMARTS) is 1. The van der Waals surface area contributed by atoms with Crippen LogP contribution in [0.4, 0.5) is 0 Å². The summed E-state index contributed by atoms with van der Waals surface area (Å²) in [6.45, 7) is 0.0720. The van der Waals surface area contributed by atoms with E-state index in [0.717, 1.165) is 16.5 Å². The molecule has 0 saturated carbocycles. The number of carbonyl (C=O) groups excluding carboxylic acids is 1. The van der Waals surface area contributed by atoms with Crippen LogP contribution in [-0.2, 0) is 11.3 Å². The van der Waals surface area contributed by atoms with Gasteiger partial charge in [-0.2, -0.15) is 0 Å². The van der Waals surface area contributed by atoms with E-state index in [0.29, 0.717) is 17.9 Å². The summed E-state index contributed by atoms with van der Waals surface area (Å²) in [5.41, 5.74) is 2.56. The largest absolute Gasteiger partial charge is 0.482 e. The summed E-state index contributed by atoms with van der Waals surface area (Å²) in [4.78, 5) is 27.8. The van der Waals surface area contributed by atoms with Gasteiger partial charge in [0, 0.05) is 36.3 Å². The van der Waals surface area contributed by atoms with Crippen LogP contribution in [0.2, 0.25) is 0 Å². The van der Waals surface area contributed by atoms with Crippen LogP contribution in [0, 0.1) is 0 Å². The van der Waals surface area contributed by atoms with Crippen molar-refractivity contribution >= 4 is 22.8 Å². The van der Waals surface area contributed by atoms with Crippen LogP contribution in [-0.4, -0.2) is 40.5 Å². The molecule has 3 aromatic rings. The second-order valence-electron chi connectivity index (χ2n) is 5.77. The molecular weight excluding hydrogens is 320 g/mol. The molecule has 1 amide bonds. The van der Waals surface area contributed by atoms with Gasteiger partial charge in [-0.25, -0.2) is 4.79 Å². The first-order valence-corrected chi connectivity index (χ1v) is 7.79. The summed E-state index contributed by atoms with van der Waals surface area (Å²) in [5.74, 6) is -0.596. The van der Waals surface area contributed by atoms with E-state index in [1.165, 1.54) is 0 Å². The van der Waals surface area contributed by atoms with Crippen molar-refractivity contribution in [2.24, 2.45) is 0 Å². The normalized spacial score (nSPS) is 10.6. The Morgan fingerprint density at radius 2 is 1.88 bits per heavy atom. The number of carboxylic acids is 1. The zero-order chi connectivity index (χ0) is 17.8. The smallest absolute Gasteiger partial charge is 0.341 e. The molecule has 25 heavy (non-hydrogen) atoms. The summed E-state index contributed by atoms with van der Waals surface area (Å²) in [6, 6.07) is 14.5. The number of ether oxygens (including phenoxy) is 1. The predicted molar refractivity (Wildman–Crippen MR) is 93.7 cm³/mol.